The van der Waals surface area contributed by atoms with Gasteiger partial charge in [-0.3, -0.25) is 4.90 Å². The van der Waals surface area contributed by atoms with Crippen molar-refractivity contribution >= 4 is 0 Å². The lowest BCUT2D eigenvalue weighted by atomic mass is 9.98. The molecule has 0 radical (unpaired) electrons. The summed E-state index contributed by atoms with van der Waals surface area (Å²) in [6.07, 6.45) is 5.18. The highest BCUT2D eigenvalue weighted by Gasteiger charge is 2.35. The van der Waals surface area contributed by atoms with Crippen molar-refractivity contribution in [2.75, 3.05) is 7.05 Å². The van der Waals surface area contributed by atoms with Crippen LogP contribution in [0.25, 0.3) is 0 Å². The highest BCUT2D eigenvalue weighted by molar-refractivity contribution is 4.96. The van der Waals surface area contributed by atoms with Gasteiger partial charge in [0.15, 0.2) is 5.82 Å². The SMILES string of the molecule is CC(C)c1noc(CN(C)C2CC3CCC(C2)N3)n1. The van der Waals surface area contributed by atoms with Crippen LogP contribution in [0, 0.1) is 0 Å². The minimum Gasteiger partial charge on any atom is -0.338 e. The van der Waals surface area contributed by atoms with Gasteiger partial charge in [0.1, 0.15) is 0 Å². The van der Waals surface area contributed by atoms with Crippen LogP contribution in [-0.4, -0.2) is 40.2 Å². The summed E-state index contributed by atoms with van der Waals surface area (Å²) in [5.74, 6) is 1.89. The topological polar surface area (TPSA) is 54.2 Å². The van der Waals surface area contributed by atoms with E-state index < -0.39 is 0 Å². The summed E-state index contributed by atoms with van der Waals surface area (Å²) in [6, 6.07) is 2.09. The highest BCUT2D eigenvalue weighted by Crippen LogP contribution is 2.29. The number of hydrogen-bond donors (Lipinski definition) is 1. The van der Waals surface area contributed by atoms with Crippen molar-refractivity contribution in [2.45, 2.75) is 70.1 Å². The smallest absolute Gasteiger partial charge is 0.240 e. The van der Waals surface area contributed by atoms with Crippen molar-refractivity contribution < 1.29 is 4.52 Å². The molecule has 2 fully saturated rings. The van der Waals surface area contributed by atoms with Gasteiger partial charge in [-0.25, -0.2) is 0 Å². The van der Waals surface area contributed by atoms with E-state index in [2.05, 4.69) is 41.3 Å². The molecule has 2 aliphatic rings. The lowest BCUT2D eigenvalue weighted by Crippen LogP contribution is -2.46. The fourth-order valence-electron chi connectivity index (χ4n) is 3.30. The van der Waals surface area contributed by atoms with Crippen molar-refractivity contribution in [1.29, 1.82) is 0 Å². The molecule has 0 aromatic carbocycles. The van der Waals surface area contributed by atoms with Crippen LogP contribution in [0.3, 0.4) is 0 Å². The Kier molecular flexibility index (Phi) is 3.58. The average molecular weight is 264 g/mol. The third kappa shape index (κ3) is 2.82. The first-order valence-corrected chi connectivity index (χ1v) is 7.40. The molecule has 5 heteroatoms. The maximum Gasteiger partial charge on any atom is 0.240 e. The summed E-state index contributed by atoms with van der Waals surface area (Å²) in [5.41, 5.74) is 0. The van der Waals surface area contributed by atoms with Gasteiger partial charge in [-0.05, 0) is 32.7 Å². The molecule has 0 saturated carbocycles. The van der Waals surface area contributed by atoms with Crippen LogP contribution in [-0.2, 0) is 6.54 Å². The zero-order valence-corrected chi connectivity index (χ0v) is 12.1. The molecule has 3 rings (SSSR count). The molecule has 2 aliphatic heterocycles. The molecule has 1 N–H and O–H groups in total. The van der Waals surface area contributed by atoms with E-state index in [0.29, 0.717) is 12.0 Å². The number of nitrogens with one attached hydrogen (secondary N) is 1. The third-order valence-corrected chi connectivity index (χ3v) is 4.46. The molecule has 1 aromatic rings. The van der Waals surface area contributed by atoms with Gasteiger partial charge in [-0.15, -0.1) is 0 Å². The normalized spacial score (nSPS) is 30.5. The maximum absolute atomic E-state index is 5.34. The van der Waals surface area contributed by atoms with Crippen molar-refractivity contribution in [3.63, 3.8) is 0 Å². The minimum absolute atomic E-state index is 0.331. The first-order chi connectivity index (χ1) is 9.11. The molecule has 106 valence electrons. The Labute approximate surface area is 114 Å². The van der Waals surface area contributed by atoms with Gasteiger partial charge in [-0.1, -0.05) is 19.0 Å². The fourth-order valence-corrected chi connectivity index (χ4v) is 3.30. The van der Waals surface area contributed by atoms with Crippen LogP contribution in [0.15, 0.2) is 4.52 Å². The predicted octanol–water partition coefficient (Wildman–Crippen LogP) is 1.91. The van der Waals surface area contributed by atoms with Crippen molar-refractivity contribution in [3.8, 4) is 0 Å². The van der Waals surface area contributed by atoms with Gasteiger partial charge >= 0.3 is 0 Å². The monoisotopic (exact) mass is 264 g/mol. The van der Waals surface area contributed by atoms with Gasteiger partial charge in [0.25, 0.3) is 0 Å². The summed E-state index contributed by atoms with van der Waals surface area (Å²) >= 11 is 0. The summed E-state index contributed by atoms with van der Waals surface area (Å²) in [7, 11) is 2.18. The van der Waals surface area contributed by atoms with Crippen LogP contribution in [0.1, 0.15) is 57.2 Å². The van der Waals surface area contributed by atoms with Crippen LogP contribution in [0.5, 0.6) is 0 Å². The van der Waals surface area contributed by atoms with Crippen LogP contribution in [0.4, 0.5) is 0 Å². The average Bonchev–Trinajstić information content (AvgIpc) is 2.96. The second kappa shape index (κ2) is 5.21. The van der Waals surface area contributed by atoms with Gasteiger partial charge in [-0.2, -0.15) is 4.98 Å². The first kappa shape index (κ1) is 13.1. The van der Waals surface area contributed by atoms with Gasteiger partial charge in [0.2, 0.25) is 5.89 Å². The lowest BCUT2D eigenvalue weighted by molar-refractivity contribution is 0.150. The Balaban J connectivity index is 1.59. The maximum atomic E-state index is 5.34. The molecule has 2 saturated heterocycles. The largest absolute Gasteiger partial charge is 0.338 e. The number of nitrogens with zero attached hydrogens (tertiary/aromatic N) is 3. The molecular weight excluding hydrogens is 240 g/mol. The van der Waals surface area contributed by atoms with E-state index in [4.69, 9.17) is 4.52 Å². The van der Waals surface area contributed by atoms with Crippen molar-refractivity contribution in [3.05, 3.63) is 11.7 Å². The van der Waals surface area contributed by atoms with E-state index in [0.717, 1.165) is 30.3 Å². The Morgan fingerprint density at radius 2 is 2.00 bits per heavy atom. The number of fused-ring (bicyclic) bond motifs is 2. The van der Waals surface area contributed by atoms with Crippen LogP contribution < -0.4 is 5.32 Å². The molecule has 2 unspecified atom stereocenters. The Morgan fingerprint density at radius 3 is 2.58 bits per heavy atom. The second-order valence-electron chi connectivity index (χ2n) is 6.38. The third-order valence-electron chi connectivity index (χ3n) is 4.46. The highest BCUT2D eigenvalue weighted by atomic mass is 16.5. The Bertz CT molecular complexity index is 419. The molecule has 0 amide bonds. The van der Waals surface area contributed by atoms with E-state index in [-0.39, 0.29) is 0 Å². The molecule has 0 aliphatic carbocycles. The summed E-state index contributed by atoms with van der Waals surface area (Å²) in [6.45, 7) is 4.94. The molecule has 19 heavy (non-hydrogen) atoms. The Morgan fingerprint density at radius 1 is 1.32 bits per heavy atom. The van der Waals surface area contributed by atoms with Gasteiger partial charge in [0, 0.05) is 24.0 Å². The molecule has 1 aromatic heterocycles. The van der Waals surface area contributed by atoms with Crippen LogP contribution in [0.2, 0.25) is 0 Å². The van der Waals surface area contributed by atoms with Gasteiger partial charge in [0.05, 0.1) is 6.54 Å². The summed E-state index contributed by atoms with van der Waals surface area (Å²) in [5, 5.41) is 7.71. The zero-order valence-electron chi connectivity index (χ0n) is 12.1. The standard InChI is InChI=1S/C14H24N4O/c1-9(2)14-16-13(19-17-14)8-18(3)12-6-10-4-5-11(7-12)15-10/h9-12,15H,4-8H2,1-3H3. The van der Waals surface area contributed by atoms with E-state index in [9.17, 15) is 0 Å². The molecule has 5 nitrogen and oxygen atoms in total. The van der Waals surface area contributed by atoms with Crippen molar-refractivity contribution in [2.24, 2.45) is 0 Å². The van der Waals surface area contributed by atoms with E-state index in [1.54, 1.807) is 0 Å². The second-order valence-corrected chi connectivity index (χ2v) is 6.38. The molecule has 0 spiro atoms. The first-order valence-electron chi connectivity index (χ1n) is 7.40. The van der Waals surface area contributed by atoms with Crippen LogP contribution >= 0.6 is 0 Å². The number of rotatable bonds is 4. The number of aromatic nitrogens is 2. The lowest BCUT2D eigenvalue weighted by Gasteiger charge is -2.34. The number of piperidine rings is 1. The minimum atomic E-state index is 0.331. The van der Waals surface area contributed by atoms with Crippen molar-refractivity contribution in [1.82, 2.24) is 20.4 Å². The van der Waals surface area contributed by atoms with E-state index >= 15 is 0 Å². The quantitative estimate of drug-likeness (QED) is 0.900. The fraction of sp³-hybridized carbons (Fsp3) is 0.857. The molecular formula is C14H24N4O. The van der Waals surface area contributed by atoms with Gasteiger partial charge < -0.3 is 9.84 Å². The summed E-state index contributed by atoms with van der Waals surface area (Å²) < 4.78 is 5.34. The van der Waals surface area contributed by atoms with E-state index in [1.165, 1.54) is 25.7 Å². The zero-order chi connectivity index (χ0) is 13.4. The predicted molar refractivity (Wildman–Crippen MR) is 72.8 cm³/mol. The summed E-state index contributed by atoms with van der Waals surface area (Å²) in [4.78, 5) is 6.84. The molecule has 2 atom stereocenters. The molecule has 2 bridgehead atoms. The molecule has 3 heterocycles. The Hall–Kier alpha value is -0.940. The number of hydrogen-bond acceptors (Lipinski definition) is 5. The van der Waals surface area contributed by atoms with E-state index in [1.807, 2.05) is 0 Å².